The van der Waals surface area contributed by atoms with E-state index in [4.69, 9.17) is 11.6 Å². The Bertz CT molecular complexity index is 669. The van der Waals surface area contributed by atoms with E-state index in [1.54, 1.807) is 0 Å². The summed E-state index contributed by atoms with van der Waals surface area (Å²) in [4.78, 5) is 4.37. The van der Waals surface area contributed by atoms with Crippen LogP contribution in [0.5, 0.6) is 0 Å². The number of rotatable bonds is 7. The van der Waals surface area contributed by atoms with Crippen LogP contribution in [0.1, 0.15) is 25.7 Å². The summed E-state index contributed by atoms with van der Waals surface area (Å²) in [5.41, 5.74) is 2.06. The molecule has 3 rings (SSSR count). The topological polar surface area (TPSA) is 37.0 Å². The first-order valence-corrected chi connectivity index (χ1v) is 8.86. The Kier molecular flexibility index (Phi) is 5.89. The lowest BCUT2D eigenvalue weighted by Crippen LogP contribution is -2.25. The highest BCUT2D eigenvalue weighted by atomic mass is 35.5. The normalized spacial score (nSPS) is 17.5. The van der Waals surface area contributed by atoms with E-state index in [9.17, 15) is 0 Å². The van der Waals surface area contributed by atoms with Crippen molar-refractivity contribution in [3.8, 4) is 0 Å². The summed E-state index contributed by atoms with van der Waals surface area (Å²) in [6, 6.07) is 7.87. The van der Waals surface area contributed by atoms with Crippen molar-refractivity contribution >= 4 is 28.2 Å². The SMILES string of the molecule is Clc1ccc2c(NCCCNCC3C=CCCC3)ccnc2c1. The minimum atomic E-state index is 0.725. The van der Waals surface area contributed by atoms with Gasteiger partial charge in [-0.15, -0.1) is 0 Å². The second-order valence-corrected chi connectivity index (χ2v) is 6.56. The molecule has 122 valence electrons. The van der Waals surface area contributed by atoms with Crippen molar-refractivity contribution in [2.45, 2.75) is 25.7 Å². The lowest BCUT2D eigenvalue weighted by molar-refractivity contribution is 0.492. The number of hydrogen-bond donors (Lipinski definition) is 2. The van der Waals surface area contributed by atoms with Crippen molar-refractivity contribution in [1.82, 2.24) is 10.3 Å². The summed E-state index contributed by atoms with van der Waals surface area (Å²) >= 11 is 6.02. The van der Waals surface area contributed by atoms with Gasteiger partial charge in [-0.25, -0.2) is 0 Å². The smallest absolute Gasteiger partial charge is 0.0737 e. The Morgan fingerprint density at radius 2 is 2.17 bits per heavy atom. The van der Waals surface area contributed by atoms with Gasteiger partial charge in [0.15, 0.2) is 0 Å². The molecule has 0 spiro atoms. The molecule has 1 aliphatic carbocycles. The van der Waals surface area contributed by atoms with Gasteiger partial charge in [0.05, 0.1) is 5.52 Å². The first kappa shape index (κ1) is 16.3. The summed E-state index contributed by atoms with van der Waals surface area (Å²) in [5, 5.41) is 8.92. The molecule has 0 amide bonds. The number of nitrogens with one attached hydrogen (secondary N) is 2. The second-order valence-electron chi connectivity index (χ2n) is 6.12. The lowest BCUT2D eigenvalue weighted by Gasteiger charge is -2.17. The van der Waals surface area contributed by atoms with Crippen LogP contribution >= 0.6 is 11.6 Å². The summed E-state index contributed by atoms with van der Waals surface area (Å²) in [6.45, 7) is 3.11. The molecule has 4 heteroatoms. The third-order valence-electron chi connectivity index (χ3n) is 4.31. The first-order chi connectivity index (χ1) is 11.3. The molecule has 23 heavy (non-hydrogen) atoms. The van der Waals surface area contributed by atoms with Crippen LogP contribution in [0.2, 0.25) is 5.02 Å². The van der Waals surface area contributed by atoms with E-state index < -0.39 is 0 Å². The van der Waals surface area contributed by atoms with Gasteiger partial charge in [0, 0.05) is 35.4 Å². The second kappa shape index (κ2) is 8.32. The molecule has 2 aromatic rings. The van der Waals surface area contributed by atoms with E-state index in [1.165, 1.54) is 19.3 Å². The minimum Gasteiger partial charge on any atom is -0.384 e. The molecule has 1 aromatic carbocycles. The number of anilines is 1. The van der Waals surface area contributed by atoms with Crippen molar-refractivity contribution in [3.63, 3.8) is 0 Å². The van der Waals surface area contributed by atoms with Crippen molar-refractivity contribution < 1.29 is 0 Å². The average molecular weight is 330 g/mol. The van der Waals surface area contributed by atoms with Crippen LogP contribution in [-0.4, -0.2) is 24.6 Å². The van der Waals surface area contributed by atoms with Gasteiger partial charge in [-0.2, -0.15) is 0 Å². The van der Waals surface area contributed by atoms with Crippen molar-refractivity contribution in [3.05, 3.63) is 47.6 Å². The molecule has 0 saturated carbocycles. The van der Waals surface area contributed by atoms with Gasteiger partial charge in [-0.3, -0.25) is 4.98 Å². The molecule has 3 nitrogen and oxygen atoms in total. The highest BCUT2D eigenvalue weighted by Crippen LogP contribution is 2.24. The van der Waals surface area contributed by atoms with Crippen molar-refractivity contribution in [1.29, 1.82) is 0 Å². The highest BCUT2D eigenvalue weighted by Gasteiger charge is 2.07. The molecular weight excluding hydrogens is 306 g/mol. The summed E-state index contributed by atoms with van der Waals surface area (Å²) in [5.74, 6) is 0.727. The lowest BCUT2D eigenvalue weighted by atomic mass is 9.96. The van der Waals surface area contributed by atoms with E-state index in [0.29, 0.717) is 0 Å². The van der Waals surface area contributed by atoms with Crippen LogP contribution in [0.25, 0.3) is 10.9 Å². The van der Waals surface area contributed by atoms with E-state index in [0.717, 1.165) is 53.6 Å². The van der Waals surface area contributed by atoms with Crippen LogP contribution in [0, 0.1) is 5.92 Å². The molecule has 1 aromatic heterocycles. The largest absolute Gasteiger partial charge is 0.384 e. The van der Waals surface area contributed by atoms with Crippen molar-refractivity contribution in [2.24, 2.45) is 5.92 Å². The third kappa shape index (κ3) is 4.69. The molecule has 1 atom stereocenters. The number of pyridine rings is 1. The molecule has 0 fully saturated rings. The number of aromatic nitrogens is 1. The maximum absolute atomic E-state index is 6.02. The predicted molar refractivity (Wildman–Crippen MR) is 99.2 cm³/mol. The van der Waals surface area contributed by atoms with E-state index in [-0.39, 0.29) is 0 Å². The Morgan fingerprint density at radius 3 is 3.04 bits per heavy atom. The molecule has 0 aliphatic heterocycles. The zero-order valence-electron chi connectivity index (χ0n) is 13.4. The number of fused-ring (bicyclic) bond motifs is 1. The molecule has 0 bridgehead atoms. The molecule has 0 saturated heterocycles. The Morgan fingerprint density at radius 1 is 1.22 bits per heavy atom. The molecule has 2 N–H and O–H groups in total. The zero-order chi connectivity index (χ0) is 15.9. The van der Waals surface area contributed by atoms with Crippen LogP contribution in [0.3, 0.4) is 0 Å². The van der Waals surface area contributed by atoms with Crippen LogP contribution in [0.4, 0.5) is 5.69 Å². The van der Waals surface area contributed by atoms with Crippen LogP contribution in [-0.2, 0) is 0 Å². The van der Waals surface area contributed by atoms with E-state index in [2.05, 4.69) is 27.8 Å². The first-order valence-electron chi connectivity index (χ1n) is 8.48. The summed E-state index contributed by atoms with van der Waals surface area (Å²) in [6.07, 6.45) is 11.5. The Balaban J connectivity index is 1.42. The monoisotopic (exact) mass is 329 g/mol. The van der Waals surface area contributed by atoms with E-state index in [1.807, 2.05) is 30.5 Å². The number of halogens is 1. The fourth-order valence-corrected chi connectivity index (χ4v) is 3.22. The van der Waals surface area contributed by atoms with Gasteiger partial charge in [0.2, 0.25) is 0 Å². The maximum atomic E-state index is 6.02. The number of benzene rings is 1. The van der Waals surface area contributed by atoms with E-state index >= 15 is 0 Å². The fraction of sp³-hybridized carbons (Fsp3) is 0.421. The predicted octanol–water partition coefficient (Wildman–Crippen LogP) is 4.64. The van der Waals surface area contributed by atoms with Gasteiger partial charge in [0.1, 0.15) is 0 Å². The molecule has 1 heterocycles. The van der Waals surface area contributed by atoms with Gasteiger partial charge >= 0.3 is 0 Å². The van der Waals surface area contributed by atoms with Gasteiger partial charge in [0.25, 0.3) is 0 Å². The van der Waals surface area contributed by atoms with Crippen LogP contribution < -0.4 is 10.6 Å². The summed E-state index contributed by atoms with van der Waals surface area (Å²) in [7, 11) is 0. The maximum Gasteiger partial charge on any atom is 0.0737 e. The number of nitrogens with zero attached hydrogens (tertiary/aromatic N) is 1. The standard InChI is InChI=1S/C19H24ClN3/c20-16-7-8-17-18(9-12-23-19(17)13-16)22-11-4-10-21-14-15-5-2-1-3-6-15/h2,5,7-9,12-13,15,21H,1,3-4,6,10-11,14H2,(H,22,23). The van der Waals surface area contributed by atoms with Gasteiger partial charge in [-0.1, -0.05) is 23.8 Å². The highest BCUT2D eigenvalue weighted by molar-refractivity contribution is 6.31. The Hall–Kier alpha value is -1.58. The minimum absolute atomic E-state index is 0.725. The quantitative estimate of drug-likeness (QED) is 0.574. The van der Waals surface area contributed by atoms with Gasteiger partial charge in [-0.05, 0) is 62.4 Å². The number of hydrogen-bond acceptors (Lipinski definition) is 3. The molecule has 0 radical (unpaired) electrons. The van der Waals surface area contributed by atoms with Crippen molar-refractivity contribution in [2.75, 3.05) is 25.0 Å². The molecule has 1 aliphatic rings. The van der Waals surface area contributed by atoms with Crippen LogP contribution in [0.15, 0.2) is 42.6 Å². The third-order valence-corrected chi connectivity index (χ3v) is 4.55. The fourth-order valence-electron chi connectivity index (χ4n) is 3.05. The molecule has 1 unspecified atom stereocenters. The summed E-state index contributed by atoms with van der Waals surface area (Å²) < 4.78 is 0. The Labute approximate surface area is 143 Å². The van der Waals surface area contributed by atoms with Gasteiger partial charge < -0.3 is 10.6 Å². The zero-order valence-corrected chi connectivity index (χ0v) is 14.1. The number of allylic oxidation sites excluding steroid dienone is 1. The molecular formula is C19H24ClN3. The average Bonchev–Trinajstić information content (AvgIpc) is 2.58.